The summed E-state index contributed by atoms with van der Waals surface area (Å²) in [6, 6.07) is 12.0. The third-order valence-electron chi connectivity index (χ3n) is 6.33. The molecule has 3 nitrogen and oxygen atoms in total. The zero-order valence-electron chi connectivity index (χ0n) is 18.1. The number of fused-ring (bicyclic) bond motifs is 1. The zero-order valence-corrected chi connectivity index (χ0v) is 19.6. The highest BCUT2D eigenvalue weighted by atomic mass is 35.5. The van der Waals surface area contributed by atoms with Crippen LogP contribution in [0.4, 0.5) is 5.69 Å². The van der Waals surface area contributed by atoms with Crippen molar-refractivity contribution >= 4 is 40.5 Å². The highest BCUT2D eigenvalue weighted by molar-refractivity contribution is 6.41. The molecule has 2 aromatic rings. The largest absolute Gasteiger partial charge is 0.326 e. The van der Waals surface area contributed by atoms with E-state index in [-0.39, 0.29) is 5.91 Å². The van der Waals surface area contributed by atoms with Gasteiger partial charge in [0, 0.05) is 24.7 Å². The van der Waals surface area contributed by atoms with E-state index in [9.17, 15) is 4.79 Å². The molecule has 1 heterocycles. The van der Waals surface area contributed by atoms with Gasteiger partial charge in [-0.3, -0.25) is 9.79 Å². The summed E-state index contributed by atoms with van der Waals surface area (Å²) < 4.78 is 0. The van der Waals surface area contributed by atoms with E-state index < -0.39 is 0 Å². The first-order valence-electron chi connectivity index (χ1n) is 11.0. The molecular weight excluding hydrogens is 427 g/mol. The topological polar surface area (TPSA) is 41.5 Å². The van der Waals surface area contributed by atoms with Gasteiger partial charge in [0.05, 0.1) is 15.8 Å². The van der Waals surface area contributed by atoms with Crippen LogP contribution in [0.25, 0.3) is 0 Å². The van der Waals surface area contributed by atoms with Crippen molar-refractivity contribution in [1.82, 2.24) is 0 Å². The van der Waals surface area contributed by atoms with E-state index in [1.807, 2.05) is 31.3 Å². The molecule has 0 spiro atoms. The number of hydrogen-bond donors (Lipinski definition) is 1. The second kappa shape index (κ2) is 9.58. The minimum atomic E-state index is 0.107. The summed E-state index contributed by atoms with van der Waals surface area (Å²) in [5, 5.41) is 4.25. The fraction of sp³-hybridized carbons (Fsp3) is 0.385. The maximum absolute atomic E-state index is 11.6. The van der Waals surface area contributed by atoms with Gasteiger partial charge in [-0.25, -0.2) is 0 Å². The van der Waals surface area contributed by atoms with Crippen molar-refractivity contribution in [1.29, 1.82) is 0 Å². The van der Waals surface area contributed by atoms with Gasteiger partial charge in [0.15, 0.2) is 0 Å². The number of aryl methyl sites for hydroxylation is 2. The van der Waals surface area contributed by atoms with Crippen LogP contribution in [-0.4, -0.2) is 18.7 Å². The lowest BCUT2D eigenvalue weighted by molar-refractivity contribution is -0.116. The van der Waals surface area contributed by atoms with Crippen LogP contribution in [0.1, 0.15) is 55.7 Å². The van der Waals surface area contributed by atoms with Crippen molar-refractivity contribution in [2.45, 2.75) is 51.9 Å². The van der Waals surface area contributed by atoms with Crippen LogP contribution in [0.2, 0.25) is 10.0 Å². The summed E-state index contributed by atoms with van der Waals surface area (Å²) in [5.41, 5.74) is 7.97. The third kappa shape index (κ3) is 5.05. The standard InChI is InChI=1S/C26H28Cl2N2O/c1-16(18-10-11-18)20(26(29-2)25-21(27)7-4-8-22(25)28)6-3-5-17-9-13-23-19(15-17)12-14-24(31)30-23/h4,7-9,13,15,18H,3,5-6,10-12,14H2,1-2H3,(H,30,31)/b20-16+,29-26+. The van der Waals surface area contributed by atoms with Crippen LogP contribution < -0.4 is 5.32 Å². The Bertz CT molecular complexity index is 1050. The average molecular weight is 455 g/mol. The Balaban J connectivity index is 1.54. The molecule has 1 aliphatic carbocycles. The molecule has 1 amide bonds. The molecule has 1 saturated carbocycles. The maximum atomic E-state index is 11.6. The van der Waals surface area contributed by atoms with Crippen molar-refractivity contribution in [3.63, 3.8) is 0 Å². The van der Waals surface area contributed by atoms with Gasteiger partial charge in [0.25, 0.3) is 0 Å². The molecule has 1 fully saturated rings. The summed E-state index contributed by atoms with van der Waals surface area (Å²) in [6.07, 6.45) is 6.82. The predicted octanol–water partition coefficient (Wildman–Crippen LogP) is 7.05. The first-order chi connectivity index (χ1) is 15.0. The summed E-state index contributed by atoms with van der Waals surface area (Å²) in [6.45, 7) is 2.24. The van der Waals surface area contributed by atoms with E-state index in [0.717, 1.165) is 42.6 Å². The zero-order chi connectivity index (χ0) is 22.0. The molecule has 162 valence electrons. The minimum absolute atomic E-state index is 0.107. The van der Waals surface area contributed by atoms with Gasteiger partial charge in [0.1, 0.15) is 0 Å². The molecule has 0 bridgehead atoms. The number of allylic oxidation sites excluding steroid dienone is 2. The fourth-order valence-corrected chi connectivity index (χ4v) is 5.02. The average Bonchev–Trinajstić information content (AvgIpc) is 3.60. The second-order valence-electron chi connectivity index (χ2n) is 8.50. The summed E-state index contributed by atoms with van der Waals surface area (Å²) in [5.74, 6) is 0.760. The Hall–Kier alpha value is -2.10. The monoisotopic (exact) mass is 454 g/mol. The Labute approximate surface area is 194 Å². The fourth-order valence-electron chi connectivity index (χ4n) is 4.45. The first kappa shape index (κ1) is 22.1. The molecule has 1 aliphatic heterocycles. The summed E-state index contributed by atoms with van der Waals surface area (Å²) in [7, 11) is 1.83. The number of carbonyl (C=O) groups excluding carboxylic acids is 1. The predicted molar refractivity (Wildman–Crippen MR) is 131 cm³/mol. The van der Waals surface area contributed by atoms with Crippen LogP contribution in [0, 0.1) is 5.92 Å². The van der Waals surface area contributed by atoms with Crippen molar-refractivity contribution < 1.29 is 4.79 Å². The number of amides is 1. The van der Waals surface area contributed by atoms with Crippen molar-refractivity contribution in [3.8, 4) is 0 Å². The van der Waals surface area contributed by atoms with Crippen LogP contribution in [0.3, 0.4) is 0 Å². The Morgan fingerprint density at radius 3 is 2.55 bits per heavy atom. The Morgan fingerprint density at radius 2 is 1.87 bits per heavy atom. The molecule has 1 N–H and O–H groups in total. The molecule has 0 saturated heterocycles. The quantitative estimate of drug-likeness (QED) is 0.447. The number of aliphatic imine (C=N–C) groups is 1. The SMILES string of the molecule is C/N=C(\C(CCCc1ccc2c(c1)CCC(=O)N2)=C(/C)C1CC1)c1c(Cl)cccc1Cl. The lowest BCUT2D eigenvalue weighted by Gasteiger charge is -2.19. The van der Waals surface area contributed by atoms with E-state index in [1.165, 1.54) is 35.1 Å². The molecule has 5 heteroatoms. The van der Waals surface area contributed by atoms with Crippen LogP contribution >= 0.6 is 23.2 Å². The van der Waals surface area contributed by atoms with Gasteiger partial charge in [-0.15, -0.1) is 0 Å². The molecule has 0 unspecified atom stereocenters. The maximum Gasteiger partial charge on any atom is 0.224 e. The van der Waals surface area contributed by atoms with Gasteiger partial charge in [-0.1, -0.05) is 47.0 Å². The van der Waals surface area contributed by atoms with Crippen molar-refractivity contribution in [3.05, 3.63) is 74.3 Å². The molecule has 0 atom stereocenters. The van der Waals surface area contributed by atoms with Gasteiger partial charge >= 0.3 is 0 Å². The highest BCUT2D eigenvalue weighted by Gasteiger charge is 2.28. The smallest absolute Gasteiger partial charge is 0.224 e. The van der Waals surface area contributed by atoms with Crippen LogP contribution in [-0.2, 0) is 17.6 Å². The molecule has 2 aliphatic rings. The van der Waals surface area contributed by atoms with Crippen LogP contribution in [0.5, 0.6) is 0 Å². The highest BCUT2D eigenvalue weighted by Crippen LogP contribution is 2.40. The second-order valence-corrected chi connectivity index (χ2v) is 9.31. The van der Waals surface area contributed by atoms with Gasteiger partial charge in [0.2, 0.25) is 5.91 Å². The molecule has 0 radical (unpaired) electrons. The van der Waals surface area contributed by atoms with E-state index in [2.05, 4.69) is 29.4 Å². The number of nitrogens with one attached hydrogen (secondary N) is 1. The third-order valence-corrected chi connectivity index (χ3v) is 6.96. The summed E-state index contributed by atoms with van der Waals surface area (Å²) in [4.78, 5) is 16.2. The molecule has 0 aromatic heterocycles. The van der Waals surface area contributed by atoms with Crippen molar-refractivity contribution in [2.24, 2.45) is 10.9 Å². The molecule has 2 aromatic carbocycles. The number of nitrogens with zero attached hydrogens (tertiary/aromatic N) is 1. The number of rotatable bonds is 7. The molecular formula is C26H28Cl2N2O. The number of hydrogen-bond acceptors (Lipinski definition) is 2. The van der Waals surface area contributed by atoms with Gasteiger partial charge < -0.3 is 5.32 Å². The number of anilines is 1. The lowest BCUT2D eigenvalue weighted by atomic mass is 9.90. The summed E-state index contributed by atoms with van der Waals surface area (Å²) >= 11 is 13.1. The van der Waals surface area contributed by atoms with E-state index in [0.29, 0.717) is 22.4 Å². The normalized spacial score (nSPS) is 17.2. The number of halogens is 2. The molecule has 31 heavy (non-hydrogen) atoms. The van der Waals surface area contributed by atoms with E-state index in [4.69, 9.17) is 23.2 Å². The lowest BCUT2D eigenvalue weighted by Crippen LogP contribution is -2.18. The minimum Gasteiger partial charge on any atom is -0.326 e. The number of carbonyl (C=O) groups is 1. The Kier molecular flexibility index (Phi) is 6.83. The van der Waals surface area contributed by atoms with Gasteiger partial charge in [-0.05, 0) is 86.3 Å². The van der Waals surface area contributed by atoms with Crippen LogP contribution in [0.15, 0.2) is 52.5 Å². The first-order valence-corrected chi connectivity index (χ1v) is 11.8. The van der Waals surface area contributed by atoms with Gasteiger partial charge in [-0.2, -0.15) is 0 Å². The molecule has 4 rings (SSSR count). The Morgan fingerprint density at radius 1 is 1.13 bits per heavy atom. The van der Waals surface area contributed by atoms with Crippen molar-refractivity contribution in [2.75, 3.05) is 12.4 Å². The number of benzene rings is 2. The van der Waals surface area contributed by atoms with E-state index >= 15 is 0 Å². The van der Waals surface area contributed by atoms with E-state index in [1.54, 1.807) is 0 Å².